The highest BCUT2D eigenvalue weighted by Crippen LogP contribution is 2.20. The molecule has 0 aliphatic heterocycles. The van der Waals surface area contributed by atoms with Gasteiger partial charge in [-0.05, 0) is 30.7 Å². The van der Waals surface area contributed by atoms with Crippen molar-refractivity contribution in [3.05, 3.63) is 41.5 Å². The van der Waals surface area contributed by atoms with Crippen LogP contribution in [-0.2, 0) is 12.0 Å². The van der Waals surface area contributed by atoms with Crippen molar-refractivity contribution in [2.24, 2.45) is 0 Å². The summed E-state index contributed by atoms with van der Waals surface area (Å²) in [5, 5.41) is 19.1. The van der Waals surface area contributed by atoms with E-state index in [0.717, 1.165) is 5.69 Å². The molecule has 136 valence electrons. The molecule has 7 heteroatoms. The van der Waals surface area contributed by atoms with Crippen LogP contribution < -0.4 is 10.6 Å². The first-order valence-electron chi connectivity index (χ1n) is 8.42. The number of anilines is 1. The second kappa shape index (κ2) is 8.11. The van der Waals surface area contributed by atoms with Crippen LogP contribution in [0.1, 0.15) is 56.2 Å². The molecule has 0 spiro atoms. The highest BCUT2D eigenvalue weighted by atomic mass is 16.5. The molecule has 7 nitrogen and oxygen atoms in total. The minimum Gasteiger partial charge on any atom is -0.394 e. The maximum Gasteiger partial charge on any atom is 0.251 e. The molecule has 25 heavy (non-hydrogen) atoms. The Balaban J connectivity index is 1.92. The molecule has 0 saturated heterocycles. The first-order valence-corrected chi connectivity index (χ1v) is 8.42. The molecule has 2 aromatic rings. The van der Waals surface area contributed by atoms with Gasteiger partial charge in [-0.15, -0.1) is 0 Å². The van der Waals surface area contributed by atoms with Crippen molar-refractivity contribution in [2.75, 3.05) is 11.9 Å². The van der Waals surface area contributed by atoms with Crippen molar-refractivity contribution in [3.8, 4) is 0 Å². The zero-order chi connectivity index (χ0) is 18.4. The summed E-state index contributed by atoms with van der Waals surface area (Å²) in [7, 11) is 0. The topological polar surface area (TPSA) is 100 Å². The molecule has 1 unspecified atom stereocenters. The lowest BCUT2D eigenvalue weighted by molar-refractivity contribution is 0.0915. The van der Waals surface area contributed by atoms with E-state index in [1.807, 2.05) is 39.8 Å². The number of carbonyl (C=O) groups excluding carboxylic acids is 1. The summed E-state index contributed by atoms with van der Waals surface area (Å²) >= 11 is 0. The molecule has 0 radical (unpaired) electrons. The van der Waals surface area contributed by atoms with Gasteiger partial charge in [-0.25, -0.2) is 0 Å². The Morgan fingerprint density at radius 2 is 1.96 bits per heavy atom. The summed E-state index contributed by atoms with van der Waals surface area (Å²) in [6, 6.07) is 6.89. The Morgan fingerprint density at radius 3 is 2.48 bits per heavy atom. The summed E-state index contributed by atoms with van der Waals surface area (Å²) in [6.07, 6.45) is 0.684. The number of carbonyl (C=O) groups is 1. The fourth-order valence-corrected chi connectivity index (χ4v) is 2.10. The third kappa shape index (κ3) is 5.29. The SMILES string of the molecule is CCC(CO)NC(=O)c1ccc(NCc2noc(C(C)(C)C)n2)cc1. The third-order valence-corrected chi connectivity index (χ3v) is 3.76. The number of nitrogens with zero attached hydrogens (tertiary/aromatic N) is 2. The molecule has 3 N–H and O–H groups in total. The molecule has 1 amide bonds. The van der Waals surface area contributed by atoms with Crippen molar-refractivity contribution in [2.45, 2.75) is 52.1 Å². The van der Waals surface area contributed by atoms with Crippen LogP contribution >= 0.6 is 0 Å². The summed E-state index contributed by atoms with van der Waals surface area (Å²) in [5.74, 6) is 0.992. The van der Waals surface area contributed by atoms with Gasteiger partial charge < -0.3 is 20.3 Å². The summed E-state index contributed by atoms with van der Waals surface area (Å²) in [6.45, 7) is 8.33. The Bertz CT molecular complexity index is 685. The molecule has 1 heterocycles. The Morgan fingerprint density at radius 1 is 1.28 bits per heavy atom. The molecule has 1 atom stereocenters. The quantitative estimate of drug-likeness (QED) is 0.712. The van der Waals surface area contributed by atoms with E-state index in [9.17, 15) is 4.79 Å². The largest absolute Gasteiger partial charge is 0.394 e. The molecule has 0 aliphatic carbocycles. The fraction of sp³-hybridized carbons (Fsp3) is 0.500. The minimum atomic E-state index is -0.222. The molecular formula is C18H26N4O3. The second-order valence-corrected chi connectivity index (χ2v) is 6.96. The van der Waals surface area contributed by atoms with Crippen LogP contribution in [0.15, 0.2) is 28.8 Å². The lowest BCUT2D eigenvalue weighted by Gasteiger charge is -2.14. The van der Waals surface area contributed by atoms with Gasteiger partial charge in [0, 0.05) is 16.7 Å². The monoisotopic (exact) mass is 346 g/mol. The van der Waals surface area contributed by atoms with Crippen LogP contribution in [0, 0.1) is 0 Å². The van der Waals surface area contributed by atoms with Crippen LogP contribution in [0.4, 0.5) is 5.69 Å². The number of nitrogens with one attached hydrogen (secondary N) is 2. The third-order valence-electron chi connectivity index (χ3n) is 3.76. The van der Waals surface area contributed by atoms with E-state index in [1.54, 1.807) is 12.1 Å². The molecule has 0 fully saturated rings. The summed E-state index contributed by atoms with van der Waals surface area (Å²) in [4.78, 5) is 16.5. The Labute approximate surface area is 147 Å². The van der Waals surface area contributed by atoms with E-state index in [1.165, 1.54) is 0 Å². The molecule has 1 aromatic carbocycles. The van der Waals surface area contributed by atoms with Crippen molar-refractivity contribution < 1.29 is 14.4 Å². The number of hydrogen-bond donors (Lipinski definition) is 3. The fourth-order valence-electron chi connectivity index (χ4n) is 2.10. The average molecular weight is 346 g/mol. The zero-order valence-electron chi connectivity index (χ0n) is 15.2. The number of aliphatic hydroxyl groups excluding tert-OH is 1. The van der Waals surface area contributed by atoms with Crippen molar-refractivity contribution in [3.63, 3.8) is 0 Å². The van der Waals surface area contributed by atoms with Gasteiger partial charge in [0.05, 0.1) is 19.2 Å². The first-order chi connectivity index (χ1) is 11.8. The van der Waals surface area contributed by atoms with Gasteiger partial charge in [-0.1, -0.05) is 32.9 Å². The molecule has 2 rings (SSSR count). The first kappa shape index (κ1) is 18.9. The number of amides is 1. The maximum atomic E-state index is 12.1. The molecule has 0 bridgehead atoms. The minimum absolute atomic E-state index is 0.0663. The van der Waals surface area contributed by atoms with Crippen molar-refractivity contribution in [1.82, 2.24) is 15.5 Å². The van der Waals surface area contributed by atoms with Gasteiger partial charge in [0.15, 0.2) is 5.82 Å². The molecule has 1 aromatic heterocycles. The predicted molar refractivity (Wildman–Crippen MR) is 95.4 cm³/mol. The van der Waals surface area contributed by atoms with Crippen LogP contribution in [0.5, 0.6) is 0 Å². The van der Waals surface area contributed by atoms with Crippen LogP contribution in [0.2, 0.25) is 0 Å². The van der Waals surface area contributed by atoms with Gasteiger partial charge in [0.2, 0.25) is 5.89 Å². The highest BCUT2D eigenvalue weighted by Gasteiger charge is 2.21. The van der Waals surface area contributed by atoms with E-state index in [4.69, 9.17) is 9.63 Å². The van der Waals surface area contributed by atoms with E-state index in [2.05, 4.69) is 20.8 Å². The number of rotatable bonds is 7. The van der Waals surface area contributed by atoms with Crippen molar-refractivity contribution in [1.29, 1.82) is 0 Å². The van der Waals surface area contributed by atoms with E-state index < -0.39 is 0 Å². The van der Waals surface area contributed by atoms with Gasteiger partial charge >= 0.3 is 0 Å². The van der Waals surface area contributed by atoms with Gasteiger partial charge in [-0.3, -0.25) is 4.79 Å². The lowest BCUT2D eigenvalue weighted by atomic mass is 9.97. The summed E-state index contributed by atoms with van der Waals surface area (Å²) in [5.41, 5.74) is 1.23. The predicted octanol–water partition coefficient (Wildman–Crippen LogP) is 2.48. The van der Waals surface area contributed by atoms with E-state index >= 15 is 0 Å². The average Bonchev–Trinajstić information content (AvgIpc) is 3.07. The summed E-state index contributed by atoms with van der Waals surface area (Å²) < 4.78 is 5.25. The normalized spacial score (nSPS) is 12.7. The standard InChI is InChI=1S/C18H26N4O3/c1-5-13(11-23)20-16(24)12-6-8-14(9-7-12)19-10-15-21-17(25-22-15)18(2,3)4/h6-9,13,19,23H,5,10-11H2,1-4H3,(H,20,24). The molecular weight excluding hydrogens is 320 g/mol. The Kier molecular flexibility index (Phi) is 6.14. The van der Waals surface area contributed by atoms with E-state index in [-0.39, 0.29) is 24.0 Å². The van der Waals surface area contributed by atoms with Gasteiger partial charge in [0.25, 0.3) is 5.91 Å². The van der Waals surface area contributed by atoms with Crippen molar-refractivity contribution >= 4 is 11.6 Å². The molecule has 0 aliphatic rings. The number of aromatic nitrogens is 2. The highest BCUT2D eigenvalue weighted by molar-refractivity contribution is 5.94. The van der Waals surface area contributed by atoms with Crippen LogP contribution in [0.3, 0.4) is 0 Å². The number of hydrogen-bond acceptors (Lipinski definition) is 6. The van der Waals surface area contributed by atoms with Crippen LogP contribution in [0.25, 0.3) is 0 Å². The van der Waals surface area contributed by atoms with Crippen LogP contribution in [-0.4, -0.2) is 33.8 Å². The zero-order valence-corrected chi connectivity index (χ0v) is 15.2. The molecule has 0 saturated carbocycles. The number of aliphatic hydroxyl groups is 1. The smallest absolute Gasteiger partial charge is 0.251 e. The van der Waals surface area contributed by atoms with E-state index in [0.29, 0.717) is 30.2 Å². The number of benzene rings is 1. The Hall–Kier alpha value is -2.41. The second-order valence-electron chi connectivity index (χ2n) is 6.96. The van der Waals surface area contributed by atoms with Gasteiger partial charge in [-0.2, -0.15) is 4.98 Å². The van der Waals surface area contributed by atoms with Gasteiger partial charge in [0.1, 0.15) is 0 Å². The lowest BCUT2D eigenvalue weighted by Crippen LogP contribution is -2.36. The maximum absolute atomic E-state index is 12.1.